The molecular formula is C15H20N4. The highest BCUT2D eigenvalue weighted by atomic mass is 14.9. The van der Waals surface area contributed by atoms with Gasteiger partial charge in [0.15, 0.2) is 5.82 Å². The number of pyridine rings is 1. The van der Waals surface area contributed by atoms with E-state index in [1.54, 1.807) is 6.20 Å². The minimum Gasteiger partial charge on any atom is -0.313 e. The highest BCUT2D eigenvalue weighted by molar-refractivity contribution is 5.54. The normalized spacial score (nSPS) is 10.6. The Bertz CT molecular complexity index is 508. The summed E-state index contributed by atoms with van der Waals surface area (Å²) >= 11 is 0. The second-order valence-electron chi connectivity index (χ2n) is 4.46. The Hall–Kier alpha value is -1.81. The predicted molar refractivity (Wildman–Crippen MR) is 76.6 cm³/mol. The molecule has 0 atom stereocenters. The van der Waals surface area contributed by atoms with Crippen LogP contribution >= 0.6 is 0 Å². The van der Waals surface area contributed by atoms with Gasteiger partial charge in [0.25, 0.3) is 0 Å². The fourth-order valence-electron chi connectivity index (χ4n) is 1.90. The van der Waals surface area contributed by atoms with Crippen LogP contribution in [-0.2, 0) is 13.0 Å². The Kier molecular flexibility index (Phi) is 4.98. The highest BCUT2D eigenvalue weighted by Gasteiger charge is 2.07. The van der Waals surface area contributed by atoms with Crippen LogP contribution in [0.5, 0.6) is 0 Å². The summed E-state index contributed by atoms with van der Waals surface area (Å²) in [4.78, 5) is 13.2. The average molecular weight is 256 g/mol. The number of nitrogens with one attached hydrogen (secondary N) is 1. The molecule has 0 unspecified atom stereocenters. The van der Waals surface area contributed by atoms with Crippen LogP contribution in [0.25, 0.3) is 11.5 Å². The maximum atomic E-state index is 4.42. The zero-order chi connectivity index (χ0) is 13.5. The third-order valence-electron chi connectivity index (χ3n) is 2.95. The summed E-state index contributed by atoms with van der Waals surface area (Å²) in [6, 6.07) is 4.02. The predicted octanol–water partition coefficient (Wildman–Crippen LogP) is 2.60. The SMILES string of the molecule is CCCNCc1cnc(-c2ncccc2CC)nc1. The fourth-order valence-corrected chi connectivity index (χ4v) is 1.90. The summed E-state index contributed by atoms with van der Waals surface area (Å²) < 4.78 is 0. The Morgan fingerprint density at radius 3 is 2.58 bits per heavy atom. The van der Waals surface area contributed by atoms with Gasteiger partial charge in [-0.15, -0.1) is 0 Å². The van der Waals surface area contributed by atoms with Crippen molar-refractivity contribution in [1.29, 1.82) is 0 Å². The molecule has 0 saturated carbocycles. The molecule has 4 heteroatoms. The molecule has 1 N–H and O–H groups in total. The van der Waals surface area contributed by atoms with Crippen molar-refractivity contribution < 1.29 is 0 Å². The molecule has 0 bridgehead atoms. The van der Waals surface area contributed by atoms with Gasteiger partial charge in [-0.2, -0.15) is 0 Å². The van der Waals surface area contributed by atoms with Gasteiger partial charge in [0.1, 0.15) is 5.69 Å². The molecule has 2 rings (SSSR count). The van der Waals surface area contributed by atoms with Crippen molar-refractivity contribution in [3.05, 3.63) is 41.9 Å². The van der Waals surface area contributed by atoms with Crippen LogP contribution in [0.1, 0.15) is 31.4 Å². The molecule has 2 heterocycles. The summed E-state index contributed by atoms with van der Waals surface area (Å²) in [5.41, 5.74) is 3.17. The van der Waals surface area contributed by atoms with Crippen LogP contribution in [0, 0.1) is 0 Å². The van der Waals surface area contributed by atoms with Gasteiger partial charge in [0.05, 0.1) is 0 Å². The van der Waals surface area contributed by atoms with Crippen molar-refractivity contribution in [1.82, 2.24) is 20.3 Å². The number of aromatic nitrogens is 3. The molecule has 0 aromatic carbocycles. The molecule has 0 amide bonds. The Labute approximate surface area is 114 Å². The molecule has 0 fully saturated rings. The van der Waals surface area contributed by atoms with Crippen LogP contribution < -0.4 is 5.32 Å². The zero-order valence-corrected chi connectivity index (χ0v) is 11.6. The first kappa shape index (κ1) is 13.6. The first-order chi connectivity index (χ1) is 9.35. The lowest BCUT2D eigenvalue weighted by Gasteiger charge is -2.06. The molecular weight excluding hydrogens is 236 g/mol. The smallest absolute Gasteiger partial charge is 0.178 e. The minimum absolute atomic E-state index is 0.705. The molecule has 2 aromatic rings. The number of hydrogen-bond acceptors (Lipinski definition) is 4. The number of nitrogens with zero attached hydrogens (tertiary/aromatic N) is 3. The molecule has 0 radical (unpaired) electrons. The van der Waals surface area contributed by atoms with Crippen LogP contribution in [0.15, 0.2) is 30.7 Å². The van der Waals surface area contributed by atoms with E-state index in [2.05, 4.69) is 40.2 Å². The van der Waals surface area contributed by atoms with Crippen molar-refractivity contribution in [2.45, 2.75) is 33.2 Å². The quantitative estimate of drug-likeness (QED) is 0.807. The summed E-state index contributed by atoms with van der Waals surface area (Å²) in [6.45, 7) is 6.10. The molecule has 100 valence electrons. The van der Waals surface area contributed by atoms with Gasteiger partial charge in [-0.25, -0.2) is 9.97 Å². The van der Waals surface area contributed by atoms with Gasteiger partial charge < -0.3 is 5.32 Å². The topological polar surface area (TPSA) is 50.7 Å². The van der Waals surface area contributed by atoms with E-state index in [1.165, 1.54) is 5.56 Å². The van der Waals surface area contributed by atoms with E-state index in [0.717, 1.165) is 37.2 Å². The monoisotopic (exact) mass is 256 g/mol. The van der Waals surface area contributed by atoms with Crippen molar-refractivity contribution in [2.24, 2.45) is 0 Å². The Balaban J connectivity index is 2.13. The number of rotatable bonds is 6. The number of hydrogen-bond donors (Lipinski definition) is 1. The lowest BCUT2D eigenvalue weighted by molar-refractivity contribution is 0.672. The summed E-state index contributed by atoms with van der Waals surface area (Å²) in [7, 11) is 0. The molecule has 4 nitrogen and oxygen atoms in total. The van der Waals surface area contributed by atoms with Crippen molar-refractivity contribution in [2.75, 3.05) is 6.54 Å². The second kappa shape index (κ2) is 6.95. The second-order valence-corrected chi connectivity index (χ2v) is 4.46. The van der Waals surface area contributed by atoms with E-state index in [-0.39, 0.29) is 0 Å². The highest BCUT2D eigenvalue weighted by Crippen LogP contribution is 2.17. The zero-order valence-electron chi connectivity index (χ0n) is 11.6. The van der Waals surface area contributed by atoms with Crippen LogP contribution in [0.3, 0.4) is 0 Å². The molecule has 0 saturated heterocycles. The van der Waals surface area contributed by atoms with Gasteiger partial charge in [0.2, 0.25) is 0 Å². The molecule has 2 aromatic heterocycles. The van der Waals surface area contributed by atoms with E-state index < -0.39 is 0 Å². The van der Waals surface area contributed by atoms with Gasteiger partial charge in [-0.05, 0) is 31.0 Å². The largest absolute Gasteiger partial charge is 0.313 e. The summed E-state index contributed by atoms with van der Waals surface area (Å²) in [5, 5.41) is 3.34. The first-order valence-electron chi connectivity index (χ1n) is 6.81. The Morgan fingerprint density at radius 1 is 1.11 bits per heavy atom. The third kappa shape index (κ3) is 3.58. The van der Waals surface area contributed by atoms with Crippen LogP contribution in [-0.4, -0.2) is 21.5 Å². The lowest BCUT2D eigenvalue weighted by atomic mass is 10.1. The van der Waals surface area contributed by atoms with E-state index >= 15 is 0 Å². The van der Waals surface area contributed by atoms with Crippen molar-refractivity contribution in [3.8, 4) is 11.5 Å². The van der Waals surface area contributed by atoms with Crippen molar-refractivity contribution >= 4 is 0 Å². The van der Waals surface area contributed by atoms with Crippen LogP contribution in [0.2, 0.25) is 0 Å². The standard InChI is InChI=1S/C15H20N4/c1-3-7-16-9-12-10-18-15(19-11-12)14-13(4-2)6-5-8-17-14/h5-6,8,10-11,16H,3-4,7,9H2,1-2H3. The molecule has 0 aliphatic carbocycles. The molecule has 19 heavy (non-hydrogen) atoms. The van der Waals surface area contributed by atoms with Gasteiger partial charge in [-0.3, -0.25) is 4.98 Å². The van der Waals surface area contributed by atoms with Gasteiger partial charge in [0, 0.05) is 30.7 Å². The first-order valence-corrected chi connectivity index (χ1v) is 6.81. The lowest BCUT2D eigenvalue weighted by Crippen LogP contribution is -2.14. The van der Waals surface area contributed by atoms with Crippen molar-refractivity contribution in [3.63, 3.8) is 0 Å². The van der Waals surface area contributed by atoms with E-state index in [1.807, 2.05) is 18.5 Å². The Morgan fingerprint density at radius 2 is 1.89 bits per heavy atom. The van der Waals surface area contributed by atoms with E-state index in [9.17, 15) is 0 Å². The van der Waals surface area contributed by atoms with E-state index in [0.29, 0.717) is 5.82 Å². The molecule has 0 spiro atoms. The maximum Gasteiger partial charge on any atom is 0.178 e. The molecule has 0 aliphatic rings. The summed E-state index contributed by atoms with van der Waals surface area (Å²) in [5.74, 6) is 0.705. The minimum atomic E-state index is 0.705. The summed E-state index contributed by atoms with van der Waals surface area (Å²) in [6.07, 6.45) is 7.60. The van der Waals surface area contributed by atoms with Gasteiger partial charge >= 0.3 is 0 Å². The maximum absolute atomic E-state index is 4.42. The third-order valence-corrected chi connectivity index (χ3v) is 2.95. The average Bonchev–Trinajstić information content (AvgIpc) is 2.48. The van der Waals surface area contributed by atoms with Gasteiger partial charge in [-0.1, -0.05) is 19.9 Å². The van der Waals surface area contributed by atoms with Crippen LogP contribution in [0.4, 0.5) is 0 Å². The molecule has 0 aliphatic heterocycles. The van der Waals surface area contributed by atoms with E-state index in [4.69, 9.17) is 0 Å². The number of aryl methyl sites for hydroxylation is 1. The fraction of sp³-hybridized carbons (Fsp3) is 0.400.